The largest absolute Gasteiger partial charge is 0.465 e. The molecule has 0 aromatic heterocycles. The number of hydrogen-bond donors (Lipinski definition) is 1. The van der Waals surface area contributed by atoms with Gasteiger partial charge in [0.05, 0.1) is 31.0 Å². The molecule has 0 fully saturated rings. The summed E-state index contributed by atoms with van der Waals surface area (Å²) in [7, 11) is 2.51. The van der Waals surface area contributed by atoms with Crippen molar-refractivity contribution in [1.29, 1.82) is 0 Å². The zero-order valence-electron chi connectivity index (χ0n) is 13.3. The predicted octanol–water partition coefficient (Wildman–Crippen LogP) is 2.63. The lowest BCUT2D eigenvalue weighted by Gasteiger charge is -2.14. The minimum Gasteiger partial charge on any atom is -0.465 e. The van der Waals surface area contributed by atoms with Gasteiger partial charge in [0, 0.05) is 5.92 Å². The Kier molecular flexibility index (Phi) is 6.56. The molecule has 0 saturated heterocycles. The number of carbonyl (C=O) groups is 3. The SMILES string of the molecule is CCC[C@@H](C)C(=O)Nc1cc(C(=O)OC)ccc1C(=O)OC. The fraction of sp³-hybridized carbons (Fsp3) is 0.438. The van der Waals surface area contributed by atoms with Gasteiger partial charge in [-0.1, -0.05) is 20.3 Å². The summed E-state index contributed by atoms with van der Waals surface area (Å²) in [6, 6.07) is 4.29. The van der Waals surface area contributed by atoms with Gasteiger partial charge in [-0.05, 0) is 24.6 Å². The average Bonchev–Trinajstić information content (AvgIpc) is 2.53. The first-order chi connectivity index (χ1) is 10.4. The molecule has 0 radical (unpaired) electrons. The number of amides is 1. The van der Waals surface area contributed by atoms with Crippen LogP contribution in [0.25, 0.3) is 0 Å². The topological polar surface area (TPSA) is 81.7 Å². The molecule has 1 rings (SSSR count). The summed E-state index contributed by atoms with van der Waals surface area (Å²) in [4.78, 5) is 35.5. The molecule has 0 spiro atoms. The quantitative estimate of drug-likeness (QED) is 0.817. The van der Waals surface area contributed by atoms with Gasteiger partial charge >= 0.3 is 11.9 Å². The van der Waals surface area contributed by atoms with Crippen LogP contribution in [-0.4, -0.2) is 32.1 Å². The van der Waals surface area contributed by atoms with Gasteiger partial charge in [-0.25, -0.2) is 9.59 Å². The summed E-state index contributed by atoms with van der Waals surface area (Å²) in [6.07, 6.45) is 1.61. The Bertz CT molecular complexity index is 568. The van der Waals surface area contributed by atoms with Crippen LogP contribution in [0.4, 0.5) is 5.69 Å². The summed E-state index contributed by atoms with van der Waals surface area (Å²) in [5.41, 5.74) is 0.670. The van der Waals surface area contributed by atoms with Crippen molar-refractivity contribution in [2.24, 2.45) is 5.92 Å². The van der Waals surface area contributed by atoms with Crippen LogP contribution < -0.4 is 5.32 Å². The van der Waals surface area contributed by atoms with E-state index < -0.39 is 11.9 Å². The number of benzene rings is 1. The number of methoxy groups -OCH3 is 2. The molecule has 0 aliphatic rings. The Labute approximate surface area is 129 Å². The van der Waals surface area contributed by atoms with E-state index >= 15 is 0 Å². The van der Waals surface area contributed by atoms with Crippen molar-refractivity contribution in [2.75, 3.05) is 19.5 Å². The number of anilines is 1. The van der Waals surface area contributed by atoms with Crippen LogP contribution in [-0.2, 0) is 14.3 Å². The number of hydrogen-bond acceptors (Lipinski definition) is 5. The molecule has 120 valence electrons. The Hall–Kier alpha value is -2.37. The lowest BCUT2D eigenvalue weighted by Crippen LogP contribution is -2.22. The van der Waals surface area contributed by atoms with E-state index in [-0.39, 0.29) is 28.6 Å². The Morgan fingerprint density at radius 1 is 1.14 bits per heavy atom. The molecule has 0 aliphatic heterocycles. The van der Waals surface area contributed by atoms with Gasteiger partial charge in [0.25, 0.3) is 0 Å². The number of ether oxygens (including phenoxy) is 2. The zero-order chi connectivity index (χ0) is 16.7. The molecule has 1 amide bonds. The number of rotatable bonds is 6. The third kappa shape index (κ3) is 4.31. The standard InChI is InChI=1S/C16H21NO5/c1-5-6-10(2)14(18)17-13-9-11(15(19)21-3)7-8-12(13)16(20)22-4/h7-10H,5-6H2,1-4H3,(H,17,18)/t10-/m1/s1. The van der Waals surface area contributed by atoms with E-state index in [4.69, 9.17) is 0 Å². The van der Waals surface area contributed by atoms with Gasteiger partial charge in [-0.15, -0.1) is 0 Å². The highest BCUT2D eigenvalue weighted by Crippen LogP contribution is 2.21. The second-order valence-electron chi connectivity index (χ2n) is 4.92. The van der Waals surface area contributed by atoms with E-state index in [9.17, 15) is 14.4 Å². The van der Waals surface area contributed by atoms with Crippen molar-refractivity contribution in [2.45, 2.75) is 26.7 Å². The normalized spacial score (nSPS) is 11.5. The van der Waals surface area contributed by atoms with Crippen LogP contribution in [0.2, 0.25) is 0 Å². The third-order valence-electron chi connectivity index (χ3n) is 3.27. The Morgan fingerprint density at radius 3 is 2.32 bits per heavy atom. The minimum atomic E-state index is -0.588. The van der Waals surface area contributed by atoms with Crippen molar-refractivity contribution in [3.8, 4) is 0 Å². The molecule has 6 nitrogen and oxygen atoms in total. The van der Waals surface area contributed by atoms with E-state index in [2.05, 4.69) is 14.8 Å². The smallest absolute Gasteiger partial charge is 0.339 e. The highest BCUT2D eigenvalue weighted by molar-refractivity contribution is 6.03. The number of esters is 2. The third-order valence-corrected chi connectivity index (χ3v) is 3.27. The molecule has 0 bridgehead atoms. The van der Waals surface area contributed by atoms with Gasteiger partial charge in [0.2, 0.25) is 5.91 Å². The fourth-order valence-electron chi connectivity index (χ4n) is 2.00. The molecule has 6 heteroatoms. The Balaban J connectivity index is 3.14. The average molecular weight is 307 g/mol. The Morgan fingerprint density at radius 2 is 1.77 bits per heavy atom. The van der Waals surface area contributed by atoms with Crippen LogP contribution in [0.5, 0.6) is 0 Å². The first-order valence-electron chi connectivity index (χ1n) is 7.06. The van der Waals surface area contributed by atoms with Crippen molar-refractivity contribution < 1.29 is 23.9 Å². The van der Waals surface area contributed by atoms with E-state index in [0.717, 1.165) is 12.8 Å². The maximum atomic E-state index is 12.1. The van der Waals surface area contributed by atoms with Gasteiger partial charge in [0.15, 0.2) is 0 Å². The summed E-state index contributed by atoms with van der Waals surface area (Å²) in [6.45, 7) is 3.79. The first-order valence-corrected chi connectivity index (χ1v) is 7.06. The van der Waals surface area contributed by atoms with Crippen molar-refractivity contribution >= 4 is 23.5 Å². The van der Waals surface area contributed by atoms with Crippen molar-refractivity contribution in [3.05, 3.63) is 29.3 Å². The lowest BCUT2D eigenvalue weighted by atomic mass is 10.0. The summed E-state index contributed by atoms with van der Waals surface area (Å²) < 4.78 is 9.33. The molecule has 0 aliphatic carbocycles. The molecule has 1 N–H and O–H groups in total. The van der Waals surface area contributed by atoms with Crippen LogP contribution in [0, 0.1) is 5.92 Å². The fourth-order valence-corrected chi connectivity index (χ4v) is 2.00. The minimum absolute atomic E-state index is 0.187. The van der Waals surface area contributed by atoms with E-state index in [1.807, 2.05) is 6.92 Å². The summed E-state index contributed by atoms with van der Waals surface area (Å²) in [5.74, 6) is -1.55. The molecular weight excluding hydrogens is 286 g/mol. The highest BCUT2D eigenvalue weighted by Gasteiger charge is 2.19. The van der Waals surface area contributed by atoms with Crippen molar-refractivity contribution in [3.63, 3.8) is 0 Å². The maximum Gasteiger partial charge on any atom is 0.339 e. The predicted molar refractivity (Wildman–Crippen MR) is 81.8 cm³/mol. The molecule has 1 aromatic carbocycles. The zero-order valence-corrected chi connectivity index (χ0v) is 13.3. The molecule has 0 heterocycles. The summed E-state index contributed by atoms with van der Waals surface area (Å²) in [5, 5.41) is 2.68. The molecule has 0 saturated carbocycles. The number of carbonyl (C=O) groups excluding carboxylic acids is 3. The van der Waals surface area contributed by atoms with E-state index in [1.54, 1.807) is 6.92 Å². The summed E-state index contributed by atoms with van der Waals surface area (Å²) >= 11 is 0. The first kappa shape index (κ1) is 17.7. The van der Waals surface area contributed by atoms with Gasteiger partial charge in [-0.2, -0.15) is 0 Å². The van der Waals surface area contributed by atoms with Crippen LogP contribution in [0.3, 0.4) is 0 Å². The molecule has 0 unspecified atom stereocenters. The molecule has 22 heavy (non-hydrogen) atoms. The van der Waals surface area contributed by atoms with Crippen molar-refractivity contribution in [1.82, 2.24) is 0 Å². The molecule has 1 aromatic rings. The highest BCUT2D eigenvalue weighted by atomic mass is 16.5. The second-order valence-corrected chi connectivity index (χ2v) is 4.92. The van der Waals surface area contributed by atoms with E-state index in [0.29, 0.717) is 0 Å². The van der Waals surface area contributed by atoms with E-state index in [1.165, 1.54) is 32.4 Å². The lowest BCUT2D eigenvalue weighted by molar-refractivity contribution is -0.119. The van der Waals surface area contributed by atoms with Gasteiger partial charge < -0.3 is 14.8 Å². The van der Waals surface area contributed by atoms with Gasteiger partial charge in [0.1, 0.15) is 0 Å². The van der Waals surface area contributed by atoms with Crippen LogP contribution in [0.15, 0.2) is 18.2 Å². The van der Waals surface area contributed by atoms with Crippen LogP contribution in [0.1, 0.15) is 47.4 Å². The van der Waals surface area contributed by atoms with Crippen LogP contribution >= 0.6 is 0 Å². The molecular formula is C16H21NO5. The monoisotopic (exact) mass is 307 g/mol. The maximum absolute atomic E-state index is 12.1. The molecule has 1 atom stereocenters. The number of nitrogens with one attached hydrogen (secondary N) is 1. The second kappa shape index (κ2) is 8.17. The van der Waals surface area contributed by atoms with Gasteiger partial charge in [-0.3, -0.25) is 4.79 Å².